The lowest BCUT2D eigenvalue weighted by molar-refractivity contribution is 0.104. The molecular formula is C23H15Cl2NO2. The summed E-state index contributed by atoms with van der Waals surface area (Å²) in [6.45, 7) is 0.349. The number of Topliss-reactive ketones (excluding diaryl/α,β-unsaturated/α-hetero) is 1. The normalized spacial score (nSPS) is 11.0. The number of allylic oxidation sites excluding steroid dienone is 1. The first-order valence-corrected chi connectivity index (χ1v) is 9.21. The minimum atomic E-state index is -0.303. The molecule has 0 bridgehead atoms. The zero-order chi connectivity index (χ0) is 19.9. The van der Waals surface area contributed by atoms with Crippen LogP contribution in [0.15, 0.2) is 78.4 Å². The summed E-state index contributed by atoms with van der Waals surface area (Å²) >= 11 is 11.9. The van der Waals surface area contributed by atoms with E-state index in [1.807, 2.05) is 18.2 Å². The fraction of sp³-hybridized carbons (Fsp3) is 0.0435. The summed E-state index contributed by atoms with van der Waals surface area (Å²) < 4.78 is 5.74. The molecule has 3 nitrogen and oxygen atoms in total. The summed E-state index contributed by atoms with van der Waals surface area (Å²) in [5.41, 5.74) is 2.20. The Balaban J connectivity index is 1.69. The second-order valence-corrected chi connectivity index (χ2v) is 6.79. The van der Waals surface area contributed by atoms with Crippen molar-refractivity contribution in [3.05, 3.63) is 105 Å². The van der Waals surface area contributed by atoms with Crippen LogP contribution in [0.25, 0.3) is 6.08 Å². The highest BCUT2D eigenvalue weighted by atomic mass is 35.5. The van der Waals surface area contributed by atoms with E-state index in [1.54, 1.807) is 66.7 Å². The van der Waals surface area contributed by atoms with Crippen molar-refractivity contribution < 1.29 is 9.53 Å². The van der Waals surface area contributed by atoms with Gasteiger partial charge in [-0.3, -0.25) is 4.79 Å². The van der Waals surface area contributed by atoms with E-state index in [2.05, 4.69) is 0 Å². The molecule has 0 aliphatic rings. The van der Waals surface area contributed by atoms with Crippen LogP contribution in [-0.2, 0) is 6.61 Å². The van der Waals surface area contributed by atoms with Crippen molar-refractivity contribution in [1.29, 1.82) is 5.26 Å². The molecule has 0 spiro atoms. The van der Waals surface area contributed by atoms with Gasteiger partial charge in [-0.15, -0.1) is 0 Å². The third-order valence-electron chi connectivity index (χ3n) is 3.98. The highest BCUT2D eigenvalue weighted by molar-refractivity contribution is 6.42. The molecule has 0 aliphatic carbocycles. The van der Waals surface area contributed by atoms with Gasteiger partial charge >= 0.3 is 0 Å². The molecule has 0 unspecified atom stereocenters. The number of nitriles is 1. The maximum Gasteiger partial charge on any atom is 0.203 e. The Labute approximate surface area is 173 Å². The van der Waals surface area contributed by atoms with Crippen molar-refractivity contribution in [1.82, 2.24) is 0 Å². The molecule has 0 atom stereocenters. The first kappa shape index (κ1) is 19.7. The number of carbonyl (C=O) groups excluding carboxylic acids is 1. The van der Waals surface area contributed by atoms with Gasteiger partial charge in [0.2, 0.25) is 5.78 Å². The molecule has 0 aromatic heterocycles. The van der Waals surface area contributed by atoms with Crippen LogP contribution in [0.3, 0.4) is 0 Å². The van der Waals surface area contributed by atoms with Crippen LogP contribution in [0.5, 0.6) is 5.75 Å². The summed E-state index contributed by atoms with van der Waals surface area (Å²) in [7, 11) is 0. The minimum absolute atomic E-state index is 0.0793. The third-order valence-corrected chi connectivity index (χ3v) is 4.72. The lowest BCUT2D eigenvalue weighted by Gasteiger charge is -2.07. The SMILES string of the molecule is N#C/C(=C\c1ccc(OCc2ccc(Cl)c(Cl)c2)cc1)C(=O)c1ccccc1. The quantitative estimate of drug-likeness (QED) is 0.271. The molecule has 0 saturated carbocycles. The zero-order valence-electron chi connectivity index (χ0n) is 14.7. The Morgan fingerprint density at radius 3 is 2.32 bits per heavy atom. The first-order chi connectivity index (χ1) is 13.6. The molecule has 0 fully saturated rings. The summed E-state index contributed by atoms with van der Waals surface area (Å²) in [5.74, 6) is 0.360. The average Bonchev–Trinajstić information content (AvgIpc) is 2.74. The zero-order valence-corrected chi connectivity index (χ0v) is 16.2. The van der Waals surface area contributed by atoms with E-state index < -0.39 is 0 Å². The van der Waals surface area contributed by atoms with E-state index >= 15 is 0 Å². The maximum absolute atomic E-state index is 12.4. The number of halogens is 2. The van der Waals surface area contributed by atoms with Gasteiger partial charge in [0, 0.05) is 5.56 Å². The van der Waals surface area contributed by atoms with Crippen LogP contribution in [0.4, 0.5) is 0 Å². The molecule has 3 rings (SSSR count). The highest BCUT2D eigenvalue weighted by Gasteiger charge is 2.11. The van der Waals surface area contributed by atoms with Gasteiger partial charge < -0.3 is 4.74 Å². The van der Waals surface area contributed by atoms with Crippen LogP contribution in [0, 0.1) is 11.3 Å². The molecule has 0 heterocycles. The molecule has 3 aromatic carbocycles. The molecule has 0 saturated heterocycles. The number of nitrogens with zero attached hydrogens (tertiary/aromatic N) is 1. The van der Waals surface area contributed by atoms with Gasteiger partial charge in [0.15, 0.2) is 0 Å². The van der Waals surface area contributed by atoms with Crippen LogP contribution >= 0.6 is 23.2 Å². The van der Waals surface area contributed by atoms with Gasteiger partial charge in [-0.1, -0.05) is 71.7 Å². The van der Waals surface area contributed by atoms with Gasteiger partial charge in [-0.25, -0.2) is 0 Å². The number of carbonyl (C=O) groups is 1. The van der Waals surface area contributed by atoms with Crippen molar-refractivity contribution in [2.24, 2.45) is 0 Å². The van der Waals surface area contributed by atoms with Gasteiger partial charge in [0.1, 0.15) is 24.0 Å². The van der Waals surface area contributed by atoms with Crippen molar-refractivity contribution in [2.75, 3.05) is 0 Å². The van der Waals surface area contributed by atoms with Crippen LogP contribution < -0.4 is 4.74 Å². The van der Waals surface area contributed by atoms with E-state index in [9.17, 15) is 10.1 Å². The van der Waals surface area contributed by atoms with E-state index in [0.717, 1.165) is 11.1 Å². The Kier molecular flexibility index (Phi) is 6.49. The maximum atomic E-state index is 12.4. The van der Waals surface area contributed by atoms with Crippen molar-refractivity contribution in [3.8, 4) is 11.8 Å². The lowest BCUT2D eigenvalue weighted by atomic mass is 10.0. The Hall–Kier alpha value is -3.06. The van der Waals surface area contributed by atoms with Gasteiger partial charge in [0.25, 0.3) is 0 Å². The summed E-state index contributed by atoms with van der Waals surface area (Å²) in [6.07, 6.45) is 1.57. The van der Waals surface area contributed by atoms with Crippen LogP contribution in [-0.4, -0.2) is 5.78 Å². The van der Waals surface area contributed by atoms with Crippen molar-refractivity contribution >= 4 is 35.1 Å². The minimum Gasteiger partial charge on any atom is -0.489 e. The molecule has 0 aliphatic heterocycles. The summed E-state index contributed by atoms with van der Waals surface area (Å²) in [6, 6.07) is 23.2. The Morgan fingerprint density at radius 1 is 0.964 bits per heavy atom. The highest BCUT2D eigenvalue weighted by Crippen LogP contribution is 2.24. The molecule has 28 heavy (non-hydrogen) atoms. The van der Waals surface area contributed by atoms with E-state index in [0.29, 0.717) is 28.0 Å². The smallest absolute Gasteiger partial charge is 0.203 e. The van der Waals surface area contributed by atoms with Crippen molar-refractivity contribution in [3.63, 3.8) is 0 Å². The molecule has 5 heteroatoms. The fourth-order valence-corrected chi connectivity index (χ4v) is 2.84. The van der Waals surface area contributed by atoms with E-state index in [1.165, 1.54) is 0 Å². The number of hydrogen-bond donors (Lipinski definition) is 0. The predicted molar refractivity (Wildman–Crippen MR) is 112 cm³/mol. The molecule has 0 radical (unpaired) electrons. The third kappa shape index (κ3) is 5.01. The monoisotopic (exact) mass is 407 g/mol. The standard InChI is InChI=1S/C23H15Cl2NO2/c24-21-11-8-17(13-22(21)25)15-28-20-9-6-16(7-10-20)12-19(14-26)23(27)18-4-2-1-3-5-18/h1-13H,15H2/b19-12+. The van der Waals surface area contributed by atoms with Gasteiger partial charge in [0.05, 0.1) is 10.0 Å². The van der Waals surface area contributed by atoms with E-state index in [4.69, 9.17) is 27.9 Å². The van der Waals surface area contributed by atoms with Crippen LogP contribution in [0.2, 0.25) is 10.0 Å². The summed E-state index contributed by atoms with van der Waals surface area (Å²) in [4.78, 5) is 12.4. The second kappa shape index (κ2) is 9.23. The molecule has 0 N–H and O–H groups in total. The lowest BCUT2D eigenvalue weighted by Crippen LogP contribution is -2.01. The molecule has 138 valence electrons. The second-order valence-electron chi connectivity index (χ2n) is 5.97. The molecule has 0 amide bonds. The van der Waals surface area contributed by atoms with E-state index in [-0.39, 0.29) is 11.4 Å². The average molecular weight is 408 g/mol. The molecule has 3 aromatic rings. The molecular weight excluding hydrogens is 393 g/mol. The largest absolute Gasteiger partial charge is 0.489 e. The van der Waals surface area contributed by atoms with Gasteiger partial charge in [-0.2, -0.15) is 5.26 Å². The fourth-order valence-electron chi connectivity index (χ4n) is 2.52. The Bertz CT molecular complexity index is 1050. The number of hydrogen-bond acceptors (Lipinski definition) is 3. The number of ketones is 1. The topological polar surface area (TPSA) is 50.1 Å². The Morgan fingerprint density at radius 2 is 1.68 bits per heavy atom. The predicted octanol–water partition coefficient (Wildman–Crippen LogP) is 6.36. The van der Waals surface area contributed by atoms with Crippen molar-refractivity contribution in [2.45, 2.75) is 6.61 Å². The van der Waals surface area contributed by atoms with Gasteiger partial charge in [-0.05, 0) is 41.5 Å². The first-order valence-electron chi connectivity index (χ1n) is 8.45. The number of benzene rings is 3. The number of rotatable bonds is 6. The number of ether oxygens (including phenoxy) is 1. The summed E-state index contributed by atoms with van der Waals surface area (Å²) in [5, 5.41) is 10.3. The van der Waals surface area contributed by atoms with Crippen LogP contribution in [0.1, 0.15) is 21.5 Å².